The second-order valence-electron chi connectivity index (χ2n) is 6.54. The monoisotopic (exact) mass is 352 g/mol. The largest absolute Gasteiger partial charge is 0.486 e. The van der Waals surface area contributed by atoms with E-state index in [1.807, 2.05) is 37.3 Å². The average molecular weight is 352 g/mol. The number of hydrogen-bond acceptors (Lipinski definition) is 4. The number of aryl methyl sites for hydroxylation is 1. The van der Waals surface area contributed by atoms with Crippen LogP contribution in [-0.2, 0) is 9.59 Å². The number of anilines is 2. The molecule has 4 rings (SSSR count). The van der Waals surface area contributed by atoms with Gasteiger partial charge in [-0.1, -0.05) is 18.2 Å². The number of fused-ring (bicyclic) bond motifs is 1. The van der Waals surface area contributed by atoms with Crippen LogP contribution in [0.3, 0.4) is 0 Å². The molecule has 0 radical (unpaired) electrons. The molecule has 0 saturated carbocycles. The number of para-hydroxylation sites is 1. The molecule has 134 valence electrons. The summed E-state index contributed by atoms with van der Waals surface area (Å²) in [6, 6.07) is 13.0. The Bertz CT molecular complexity index is 865. The van der Waals surface area contributed by atoms with Gasteiger partial charge in [-0.25, -0.2) is 0 Å². The van der Waals surface area contributed by atoms with Crippen LogP contribution >= 0.6 is 0 Å². The van der Waals surface area contributed by atoms with E-state index in [1.165, 1.54) is 0 Å². The normalized spacial score (nSPS) is 18.7. The van der Waals surface area contributed by atoms with Crippen molar-refractivity contribution in [3.05, 3.63) is 48.0 Å². The summed E-state index contributed by atoms with van der Waals surface area (Å²) >= 11 is 0. The topological polar surface area (TPSA) is 67.9 Å². The van der Waals surface area contributed by atoms with Gasteiger partial charge in [0.25, 0.3) is 0 Å². The molecule has 1 N–H and O–H groups in total. The van der Waals surface area contributed by atoms with Crippen LogP contribution in [0.2, 0.25) is 0 Å². The first-order valence-electron chi connectivity index (χ1n) is 8.68. The van der Waals surface area contributed by atoms with E-state index >= 15 is 0 Å². The molecular formula is C20H20N2O4. The maximum absolute atomic E-state index is 12.6. The first kappa shape index (κ1) is 16.4. The van der Waals surface area contributed by atoms with Crippen molar-refractivity contribution in [3.8, 4) is 11.5 Å². The Morgan fingerprint density at radius 3 is 2.69 bits per heavy atom. The molecule has 0 aromatic heterocycles. The van der Waals surface area contributed by atoms with Gasteiger partial charge in [-0.3, -0.25) is 9.59 Å². The zero-order valence-electron chi connectivity index (χ0n) is 14.5. The van der Waals surface area contributed by atoms with Crippen LogP contribution < -0.4 is 19.7 Å². The molecule has 1 atom stereocenters. The number of nitrogens with zero attached hydrogens (tertiary/aromatic N) is 1. The van der Waals surface area contributed by atoms with Crippen LogP contribution in [0.25, 0.3) is 0 Å². The van der Waals surface area contributed by atoms with Gasteiger partial charge < -0.3 is 19.7 Å². The molecule has 2 amide bonds. The van der Waals surface area contributed by atoms with Crippen molar-refractivity contribution in [1.29, 1.82) is 0 Å². The molecule has 2 heterocycles. The van der Waals surface area contributed by atoms with Crippen molar-refractivity contribution in [2.24, 2.45) is 5.92 Å². The number of nitrogens with one attached hydrogen (secondary N) is 1. The van der Waals surface area contributed by atoms with E-state index in [4.69, 9.17) is 9.47 Å². The summed E-state index contributed by atoms with van der Waals surface area (Å²) in [5.74, 6) is 0.740. The fraction of sp³-hybridized carbons (Fsp3) is 0.300. The molecule has 2 aliphatic heterocycles. The molecule has 2 aromatic rings. The Balaban J connectivity index is 1.48. The van der Waals surface area contributed by atoms with Crippen molar-refractivity contribution in [2.45, 2.75) is 13.3 Å². The third-order valence-corrected chi connectivity index (χ3v) is 4.74. The van der Waals surface area contributed by atoms with Gasteiger partial charge in [0.1, 0.15) is 13.2 Å². The highest BCUT2D eigenvalue weighted by atomic mass is 16.6. The minimum Gasteiger partial charge on any atom is -0.486 e. The Hall–Kier alpha value is -3.02. The summed E-state index contributed by atoms with van der Waals surface area (Å²) < 4.78 is 11.1. The van der Waals surface area contributed by atoms with Gasteiger partial charge in [0.15, 0.2) is 11.5 Å². The van der Waals surface area contributed by atoms with Crippen molar-refractivity contribution in [1.82, 2.24) is 0 Å². The molecule has 2 aromatic carbocycles. The molecule has 1 fully saturated rings. The molecule has 6 nitrogen and oxygen atoms in total. The fourth-order valence-corrected chi connectivity index (χ4v) is 3.28. The lowest BCUT2D eigenvalue weighted by Gasteiger charge is -2.22. The smallest absolute Gasteiger partial charge is 0.229 e. The van der Waals surface area contributed by atoms with Gasteiger partial charge in [-0.05, 0) is 30.7 Å². The van der Waals surface area contributed by atoms with Gasteiger partial charge in [-0.2, -0.15) is 0 Å². The van der Waals surface area contributed by atoms with Crippen LogP contribution in [0.1, 0.15) is 12.0 Å². The Labute approximate surface area is 151 Å². The van der Waals surface area contributed by atoms with E-state index in [-0.39, 0.29) is 24.2 Å². The van der Waals surface area contributed by atoms with Crippen molar-refractivity contribution in [3.63, 3.8) is 0 Å². The highest BCUT2D eigenvalue weighted by Gasteiger charge is 2.35. The Morgan fingerprint density at radius 1 is 1.12 bits per heavy atom. The van der Waals surface area contributed by atoms with Gasteiger partial charge in [0.2, 0.25) is 11.8 Å². The first-order chi connectivity index (χ1) is 12.6. The van der Waals surface area contributed by atoms with Crippen LogP contribution in [0.5, 0.6) is 11.5 Å². The molecule has 0 spiro atoms. The standard InChI is InChI=1S/C20H20N2O4/c1-13-4-2-3-5-16(13)21-20(24)14-10-19(23)22(12-14)15-6-7-17-18(11-15)26-9-8-25-17/h2-7,11,14H,8-10,12H2,1H3,(H,21,24)/t14-/m1/s1. The number of carbonyl (C=O) groups excluding carboxylic acids is 2. The van der Waals surface area contributed by atoms with Gasteiger partial charge in [0, 0.05) is 30.4 Å². The minimum absolute atomic E-state index is 0.0633. The number of rotatable bonds is 3. The van der Waals surface area contributed by atoms with Gasteiger partial charge in [-0.15, -0.1) is 0 Å². The third-order valence-electron chi connectivity index (χ3n) is 4.74. The highest BCUT2D eigenvalue weighted by molar-refractivity contribution is 6.03. The predicted molar refractivity (Wildman–Crippen MR) is 97.7 cm³/mol. The third kappa shape index (κ3) is 3.10. The lowest BCUT2D eigenvalue weighted by Crippen LogP contribution is -2.28. The lowest BCUT2D eigenvalue weighted by molar-refractivity contribution is -0.122. The molecule has 6 heteroatoms. The highest BCUT2D eigenvalue weighted by Crippen LogP contribution is 2.36. The number of ether oxygens (including phenoxy) is 2. The molecule has 2 aliphatic rings. The van der Waals surface area contributed by atoms with Crippen LogP contribution in [0.4, 0.5) is 11.4 Å². The van der Waals surface area contributed by atoms with Crippen molar-refractivity contribution in [2.75, 3.05) is 30.0 Å². The second kappa shape index (κ2) is 6.71. The molecule has 0 aliphatic carbocycles. The molecule has 0 bridgehead atoms. The van der Waals surface area contributed by atoms with E-state index in [0.29, 0.717) is 31.3 Å². The Morgan fingerprint density at radius 2 is 1.88 bits per heavy atom. The van der Waals surface area contributed by atoms with Crippen LogP contribution in [-0.4, -0.2) is 31.6 Å². The molecule has 0 unspecified atom stereocenters. The van der Waals surface area contributed by atoms with Crippen LogP contribution in [0.15, 0.2) is 42.5 Å². The zero-order chi connectivity index (χ0) is 18.1. The van der Waals surface area contributed by atoms with Crippen molar-refractivity contribution < 1.29 is 19.1 Å². The number of carbonyl (C=O) groups is 2. The average Bonchev–Trinajstić information content (AvgIpc) is 3.05. The van der Waals surface area contributed by atoms with E-state index in [0.717, 1.165) is 16.9 Å². The summed E-state index contributed by atoms with van der Waals surface area (Å²) in [6.07, 6.45) is 0.201. The lowest BCUT2D eigenvalue weighted by atomic mass is 10.1. The number of benzene rings is 2. The maximum Gasteiger partial charge on any atom is 0.229 e. The maximum atomic E-state index is 12.6. The van der Waals surface area contributed by atoms with Gasteiger partial charge >= 0.3 is 0 Å². The molecule has 26 heavy (non-hydrogen) atoms. The predicted octanol–water partition coefficient (Wildman–Crippen LogP) is 2.76. The summed E-state index contributed by atoms with van der Waals surface area (Å²) in [6.45, 7) is 3.31. The molecular weight excluding hydrogens is 332 g/mol. The van der Waals surface area contributed by atoms with E-state index in [9.17, 15) is 9.59 Å². The Kier molecular flexibility index (Phi) is 4.24. The SMILES string of the molecule is Cc1ccccc1NC(=O)[C@@H]1CC(=O)N(c2ccc3c(c2)OCCO3)C1. The van der Waals surface area contributed by atoms with Crippen LogP contribution in [0, 0.1) is 12.8 Å². The summed E-state index contributed by atoms with van der Waals surface area (Å²) in [4.78, 5) is 26.7. The van der Waals surface area contributed by atoms with E-state index in [1.54, 1.807) is 17.0 Å². The minimum atomic E-state index is -0.379. The molecule has 1 saturated heterocycles. The van der Waals surface area contributed by atoms with Gasteiger partial charge in [0.05, 0.1) is 5.92 Å². The first-order valence-corrected chi connectivity index (χ1v) is 8.68. The van der Waals surface area contributed by atoms with E-state index in [2.05, 4.69) is 5.32 Å². The van der Waals surface area contributed by atoms with E-state index < -0.39 is 0 Å². The number of hydrogen-bond donors (Lipinski definition) is 1. The summed E-state index contributed by atoms with van der Waals surface area (Å²) in [5.41, 5.74) is 2.50. The fourth-order valence-electron chi connectivity index (χ4n) is 3.28. The summed E-state index contributed by atoms with van der Waals surface area (Å²) in [7, 11) is 0. The number of amides is 2. The van der Waals surface area contributed by atoms with Crippen molar-refractivity contribution >= 4 is 23.2 Å². The quantitative estimate of drug-likeness (QED) is 0.922. The summed E-state index contributed by atoms with van der Waals surface area (Å²) in [5, 5.41) is 2.93. The second-order valence-corrected chi connectivity index (χ2v) is 6.54. The zero-order valence-corrected chi connectivity index (χ0v) is 14.5.